The first-order chi connectivity index (χ1) is 14.7. The smallest absolute Gasteiger partial charge is 0.243 e. The molecule has 2 aromatic carbocycles. The van der Waals surface area contributed by atoms with Crippen LogP contribution in [0.3, 0.4) is 0 Å². The van der Waals surface area contributed by atoms with Crippen LogP contribution in [0.15, 0.2) is 71.3 Å². The molecule has 0 aliphatic carbocycles. The Labute approximate surface area is 184 Å². The fraction of sp³-hybridized carbons (Fsp3) is 0.375. The molecule has 0 amide bonds. The van der Waals surface area contributed by atoms with E-state index in [0.29, 0.717) is 37.6 Å². The number of rotatable bonds is 5. The van der Waals surface area contributed by atoms with Crippen LogP contribution in [-0.2, 0) is 20.2 Å². The van der Waals surface area contributed by atoms with Crippen LogP contribution >= 0.6 is 0 Å². The summed E-state index contributed by atoms with van der Waals surface area (Å²) in [7, 11) is -1.48. The summed E-state index contributed by atoms with van der Waals surface area (Å²) in [5.41, 5.74) is 3.11. The van der Waals surface area contributed by atoms with Gasteiger partial charge in [0.05, 0.1) is 11.4 Å². The molecule has 0 unspecified atom stereocenters. The maximum Gasteiger partial charge on any atom is 0.243 e. The number of para-hydroxylation sites is 1. The summed E-state index contributed by atoms with van der Waals surface area (Å²) in [5.74, 6) is 0.0436. The first-order valence-electron chi connectivity index (χ1n) is 10.6. The fourth-order valence-electron chi connectivity index (χ4n) is 4.55. The lowest BCUT2D eigenvalue weighted by molar-refractivity contribution is -0.116. The van der Waals surface area contributed by atoms with Gasteiger partial charge >= 0.3 is 0 Å². The van der Waals surface area contributed by atoms with Crippen LogP contribution in [-0.4, -0.2) is 63.2 Å². The van der Waals surface area contributed by atoms with Gasteiger partial charge in [-0.05, 0) is 23.8 Å². The van der Waals surface area contributed by atoms with Crippen molar-refractivity contribution in [3.8, 4) is 0 Å². The summed E-state index contributed by atoms with van der Waals surface area (Å²) in [6.07, 6.45) is 1.76. The number of benzene rings is 2. The predicted molar refractivity (Wildman–Crippen MR) is 123 cm³/mol. The van der Waals surface area contributed by atoms with E-state index in [2.05, 4.69) is 30.9 Å². The topological polar surface area (TPSA) is 60.9 Å². The standard InChI is InChI=1S/C24H29N3O3S/c1-24(2)21-11-7-8-12-22(21)25(3)23(24)17-19(28)18-26-13-15-27(16-14-26)31(29,30)20-9-5-4-6-10-20/h4-12,17H,13-16,18H2,1-3H3. The number of hydrogen-bond donors (Lipinski definition) is 0. The summed E-state index contributed by atoms with van der Waals surface area (Å²) >= 11 is 0. The van der Waals surface area contributed by atoms with E-state index in [9.17, 15) is 13.2 Å². The minimum Gasteiger partial charge on any atom is -0.347 e. The third-order valence-electron chi connectivity index (χ3n) is 6.33. The van der Waals surface area contributed by atoms with E-state index in [4.69, 9.17) is 0 Å². The summed E-state index contributed by atoms with van der Waals surface area (Å²) in [4.78, 5) is 17.3. The van der Waals surface area contributed by atoms with Gasteiger partial charge in [-0.2, -0.15) is 4.31 Å². The number of carbonyl (C=O) groups is 1. The molecule has 4 rings (SSSR count). The molecule has 2 aromatic rings. The molecule has 0 N–H and O–H groups in total. The van der Waals surface area contributed by atoms with Gasteiger partial charge in [-0.15, -0.1) is 0 Å². The molecular weight excluding hydrogens is 410 g/mol. The van der Waals surface area contributed by atoms with E-state index < -0.39 is 10.0 Å². The summed E-state index contributed by atoms with van der Waals surface area (Å²) in [5, 5.41) is 0. The molecule has 0 aromatic heterocycles. The van der Waals surface area contributed by atoms with E-state index in [1.54, 1.807) is 36.4 Å². The third-order valence-corrected chi connectivity index (χ3v) is 8.24. The van der Waals surface area contributed by atoms with Gasteiger partial charge < -0.3 is 4.90 Å². The highest BCUT2D eigenvalue weighted by atomic mass is 32.2. The number of piperazine rings is 1. The zero-order chi connectivity index (χ0) is 22.2. The van der Waals surface area contributed by atoms with Crippen molar-refractivity contribution in [3.05, 3.63) is 71.9 Å². The third kappa shape index (κ3) is 4.05. The second-order valence-electron chi connectivity index (χ2n) is 8.69. The summed E-state index contributed by atoms with van der Waals surface area (Å²) in [6.45, 7) is 6.43. The largest absolute Gasteiger partial charge is 0.347 e. The van der Waals surface area contributed by atoms with Crippen LogP contribution in [0.5, 0.6) is 0 Å². The van der Waals surface area contributed by atoms with Gasteiger partial charge in [0.2, 0.25) is 10.0 Å². The molecule has 7 heteroatoms. The first kappa shape index (κ1) is 21.7. The van der Waals surface area contributed by atoms with Crippen molar-refractivity contribution in [3.63, 3.8) is 0 Å². The lowest BCUT2D eigenvalue weighted by atomic mass is 9.83. The highest BCUT2D eigenvalue weighted by Gasteiger charge is 2.38. The Hall–Kier alpha value is -2.48. The van der Waals surface area contributed by atoms with E-state index in [1.165, 1.54) is 9.87 Å². The second kappa shape index (κ2) is 8.22. The van der Waals surface area contributed by atoms with Gasteiger partial charge in [-0.1, -0.05) is 50.2 Å². The minimum absolute atomic E-state index is 0.0436. The molecule has 164 valence electrons. The quantitative estimate of drug-likeness (QED) is 0.671. The highest BCUT2D eigenvalue weighted by Crippen LogP contribution is 2.46. The van der Waals surface area contributed by atoms with Crippen LogP contribution in [0, 0.1) is 0 Å². The molecule has 1 saturated heterocycles. The Morgan fingerprint density at radius 1 is 0.968 bits per heavy atom. The number of carbonyl (C=O) groups excluding carboxylic acids is 1. The van der Waals surface area contributed by atoms with Crippen LogP contribution < -0.4 is 4.90 Å². The average Bonchev–Trinajstić information content (AvgIpc) is 2.96. The molecule has 0 spiro atoms. The lowest BCUT2D eigenvalue weighted by Gasteiger charge is -2.33. The molecular formula is C24H29N3O3S. The summed E-state index contributed by atoms with van der Waals surface area (Å²) in [6, 6.07) is 16.7. The van der Waals surface area contributed by atoms with Crippen LogP contribution in [0.1, 0.15) is 19.4 Å². The van der Waals surface area contributed by atoms with Crippen LogP contribution in [0.4, 0.5) is 5.69 Å². The van der Waals surface area contributed by atoms with E-state index in [0.717, 1.165) is 11.4 Å². The van der Waals surface area contributed by atoms with Gasteiger partial charge in [0, 0.05) is 56.1 Å². The Kier molecular flexibility index (Phi) is 5.77. The second-order valence-corrected chi connectivity index (χ2v) is 10.6. The molecule has 31 heavy (non-hydrogen) atoms. The fourth-order valence-corrected chi connectivity index (χ4v) is 5.99. The Bertz CT molecular complexity index is 1100. The highest BCUT2D eigenvalue weighted by molar-refractivity contribution is 7.89. The molecule has 0 saturated carbocycles. The molecule has 0 radical (unpaired) electrons. The van der Waals surface area contributed by atoms with Crippen molar-refractivity contribution in [2.24, 2.45) is 0 Å². The Morgan fingerprint density at radius 3 is 2.23 bits per heavy atom. The molecule has 6 nitrogen and oxygen atoms in total. The minimum atomic E-state index is -3.48. The van der Waals surface area contributed by atoms with Crippen LogP contribution in [0.25, 0.3) is 0 Å². The molecule has 1 fully saturated rings. The number of anilines is 1. The van der Waals surface area contributed by atoms with Gasteiger partial charge in [0.1, 0.15) is 0 Å². The number of sulfonamides is 1. The van der Waals surface area contributed by atoms with Crippen LogP contribution in [0.2, 0.25) is 0 Å². The van der Waals surface area contributed by atoms with Crippen molar-refractivity contribution >= 4 is 21.5 Å². The first-order valence-corrected chi connectivity index (χ1v) is 12.0. The zero-order valence-electron chi connectivity index (χ0n) is 18.3. The number of nitrogens with zero attached hydrogens (tertiary/aromatic N) is 3. The Morgan fingerprint density at radius 2 is 1.58 bits per heavy atom. The lowest BCUT2D eigenvalue weighted by Crippen LogP contribution is -2.49. The van der Waals surface area contributed by atoms with Gasteiger partial charge in [0.25, 0.3) is 0 Å². The van der Waals surface area contributed by atoms with Crippen molar-refractivity contribution in [1.82, 2.24) is 9.21 Å². The number of hydrogen-bond acceptors (Lipinski definition) is 5. The zero-order valence-corrected chi connectivity index (χ0v) is 19.1. The van der Waals surface area contributed by atoms with Crippen molar-refractivity contribution in [2.45, 2.75) is 24.2 Å². The van der Waals surface area contributed by atoms with E-state index in [1.807, 2.05) is 24.1 Å². The van der Waals surface area contributed by atoms with Gasteiger partial charge in [0.15, 0.2) is 5.78 Å². The monoisotopic (exact) mass is 439 g/mol. The number of likely N-dealkylation sites (N-methyl/N-ethyl adjacent to an activating group) is 1. The van der Waals surface area contributed by atoms with Crippen molar-refractivity contribution in [1.29, 1.82) is 0 Å². The average molecular weight is 440 g/mol. The van der Waals surface area contributed by atoms with E-state index in [-0.39, 0.29) is 11.2 Å². The maximum atomic E-state index is 12.9. The van der Waals surface area contributed by atoms with Gasteiger partial charge in [-0.25, -0.2) is 8.42 Å². The SMILES string of the molecule is CN1C(=CC(=O)CN2CCN(S(=O)(=O)c3ccccc3)CC2)C(C)(C)c2ccccc21. The van der Waals surface area contributed by atoms with Crippen molar-refractivity contribution in [2.75, 3.05) is 44.7 Å². The normalized spacial score (nSPS) is 20.7. The van der Waals surface area contributed by atoms with Crippen molar-refractivity contribution < 1.29 is 13.2 Å². The molecule has 2 heterocycles. The predicted octanol–water partition coefficient (Wildman–Crippen LogP) is 2.87. The molecule has 2 aliphatic heterocycles. The molecule has 2 aliphatic rings. The number of allylic oxidation sites excluding steroid dienone is 1. The Balaban J connectivity index is 1.40. The summed E-state index contributed by atoms with van der Waals surface area (Å²) < 4.78 is 27.1. The number of fused-ring (bicyclic) bond motifs is 1. The van der Waals surface area contributed by atoms with E-state index >= 15 is 0 Å². The van der Waals surface area contributed by atoms with Gasteiger partial charge in [-0.3, -0.25) is 9.69 Å². The molecule has 0 atom stereocenters. The molecule has 0 bridgehead atoms. The maximum absolute atomic E-state index is 12.9. The number of ketones is 1.